The first kappa shape index (κ1) is 13.9. The minimum absolute atomic E-state index is 0.326. The van der Waals surface area contributed by atoms with Crippen molar-refractivity contribution in [1.82, 2.24) is 9.97 Å². The number of rotatable bonds is 4. The van der Waals surface area contributed by atoms with Crippen molar-refractivity contribution < 1.29 is 9.13 Å². The molecule has 2 rings (SSSR count). The Morgan fingerprint density at radius 2 is 2.21 bits per heavy atom. The Morgan fingerprint density at radius 3 is 2.95 bits per heavy atom. The van der Waals surface area contributed by atoms with Crippen LogP contribution in [0.5, 0.6) is 5.88 Å². The van der Waals surface area contributed by atoms with Crippen molar-refractivity contribution in [2.75, 3.05) is 7.11 Å². The minimum Gasteiger partial charge on any atom is -0.481 e. The largest absolute Gasteiger partial charge is 0.481 e. The smallest absolute Gasteiger partial charge is 0.216 e. The molecule has 0 radical (unpaired) electrons. The third kappa shape index (κ3) is 3.27. The molecule has 0 fully saturated rings. The molecular formula is C13H13BrFN3O. The number of hydrogen-bond acceptors (Lipinski definition) is 4. The third-order valence-electron chi connectivity index (χ3n) is 2.72. The predicted molar refractivity (Wildman–Crippen MR) is 73.3 cm³/mol. The number of methoxy groups -OCH3 is 1. The molecule has 1 atom stereocenters. The van der Waals surface area contributed by atoms with Crippen LogP contribution in [0.15, 0.2) is 35.1 Å². The van der Waals surface area contributed by atoms with Crippen molar-refractivity contribution >= 4 is 15.9 Å². The van der Waals surface area contributed by atoms with Gasteiger partial charge in [0.05, 0.1) is 11.6 Å². The summed E-state index contributed by atoms with van der Waals surface area (Å²) in [6.45, 7) is 0. The molecule has 4 nitrogen and oxygen atoms in total. The zero-order valence-corrected chi connectivity index (χ0v) is 11.9. The van der Waals surface area contributed by atoms with E-state index < -0.39 is 0 Å². The molecule has 2 aromatic rings. The first-order chi connectivity index (χ1) is 9.11. The summed E-state index contributed by atoms with van der Waals surface area (Å²) in [5.41, 5.74) is 7.54. The highest BCUT2D eigenvalue weighted by Gasteiger charge is 2.14. The zero-order valence-electron chi connectivity index (χ0n) is 10.3. The molecule has 1 heterocycles. The van der Waals surface area contributed by atoms with Gasteiger partial charge in [0.25, 0.3) is 0 Å². The van der Waals surface area contributed by atoms with Crippen LogP contribution in [0.1, 0.15) is 17.3 Å². The maximum absolute atomic E-state index is 13.4. The molecule has 0 bridgehead atoms. The summed E-state index contributed by atoms with van der Waals surface area (Å²) in [5, 5.41) is 0. The van der Waals surface area contributed by atoms with Crippen LogP contribution in [0.3, 0.4) is 0 Å². The lowest BCUT2D eigenvalue weighted by Gasteiger charge is -2.14. The number of halogens is 2. The van der Waals surface area contributed by atoms with Crippen molar-refractivity contribution in [2.24, 2.45) is 5.73 Å². The molecule has 0 aliphatic heterocycles. The Kier molecular flexibility index (Phi) is 4.44. The fourth-order valence-corrected chi connectivity index (χ4v) is 2.30. The van der Waals surface area contributed by atoms with Gasteiger partial charge >= 0.3 is 0 Å². The normalized spacial score (nSPS) is 12.2. The van der Waals surface area contributed by atoms with Gasteiger partial charge in [-0.15, -0.1) is 0 Å². The van der Waals surface area contributed by atoms with E-state index in [0.29, 0.717) is 22.3 Å². The molecule has 100 valence electrons. The highest BCUT2D eigenvalue weighted by Crippen LogP contribution is 2.26. The van der Waals surface area contributed by atoms with Crippen molar-refractivity contribution in [3.05, 3.63) is 52.1 Å². The molecule has 2 N–H and O–H groups in total. The maximum Gasteiger partial charge on any atom is 0.216 e. The Balaban J connectivity index is 2.20. The Hall–Kier alpha value is -1.53. The molecule has 0 amide bonds. The second-order valence-corrected chi connectivity index (χ2v) is 4.80. The molecule has 1 unspecified atom stereocenters. The lowest BCUT2D eigenvalue weighted by atomic mass is 10.0. The highest BCUT2D eigenvalue weighted by atomic mass is 79.9. The molecule has 0 aliphatic carbocycles. The summed E-state index contributed by atoms with van der Waals surface area (Å²) in [7, 11) is 1.54. The van der Waals surface area contributed by atoms with Gasteiger partial charge in [-0.1, -0.05) is 12.1 Å². The quantitative estimate of drug-likeness (QED) is 0.938. The number of benzene rings is 1. The molecule has 1 aromatic heterocycles. The summed E-state index contributed by atoms with van der Waals surface area (Å²) in [4.78, 5) is 8.05. The summed E-state index contributed by atoms with van der Waals surface area (Å²) in [6.07, 6.45) is 1.89. The van der Waals surface area contributed by atoms with E-state index in [4.69, 9.17) is 10.5 Å². The van der Waals surface area contributed by atoms with E-state index in [2.05, 4.69) is 25.9 Å². The van der Waals surface area contributed by atoms with Crippen LogP contribution in [-0.2, 0) is 6.42 Å². The van der Waals surface area contributed by atoms with Crippen LogP contribution >= 0.6 is 15.9 Å². The van der Waals surface area contributed by atoms with Crippen molar-refractivity contribution in [3.8, 4) is 5.88 Å². The van der Waals surface area contributed by atoms with E-state index in [9.17, 15) is 4.39 Å². The molecule has 0 saturated heterocycles. The maximum atomic E-state index is 13.4. The molecular weight excluding hydrogens is 313 g/mol. The van der Waals surface area contributed by atoms with E-state index in [1.807, 2.05) is 0 Å². The second-order valence-electron chi connectivity index (χ2n) is 4.01. The number of aromatic nitrogens is 2. The summed E-state index contributed by atoms with van der Waals surface area (Å²) < 4.78 is 18.9. The SMILES string of the molecule is COc1cc(CC(N)c2cccc(F)c2Br)ncn1. The monoisotopic (exact) mass is 325 g/mol. The summed E-state index contributed by atoms with van der Waals surface area (Å²) in [6, 6.07) is 6.16. The number of hydrogen-bond donors (Lipinski definition) is 1. The molecule has 0 saturated carbocycles. The molecule has 0 aliphatic rings. The van der Waals surface area contributed by atoms with E-state index in [0.717, 1.165) is 5.69 Å². The number of ether oxygens (including phenoxy) is 1. The van der Waals surface area contributed by atoms with Crippen LogP contribution < -0.4 is 10.5 Å². The Morgan fingerprint density at radius 1 is 1.42 bits per heavy atom. The van der Waals surface area contributed by atoms with Gasteiger partial charge in [0.1, 0.15) is 12.1 Å². The van der Waals surface area contributed by atoms with Crippen LogP contribution in [0, 0.1) is 5.82 Å². The average Bonchev–Trinajstić information content (AvgIpc) is 2.42. The Bertz CT molecular complexity index is 580. The number of nitrogens with two attached hydrogens (primary N) is 1. The lowest BCUT2D eigenvalue weighted by molar-refractivity contribution is 0.395. The van der Waals surface area contributed by atoms with E-state index in [-0.39, 0.29) is 11.9 Å². The van der Waals surface area contributed by atoms with Crippen LogP contribution in [0.4, 0.5) is 4.39 Å². The first-order valence-electron chi connectivity index (χ1n) is 5.66. The average molecular weight is 326 g/mol. The highest BCUT2D eigenvalue weighted by molar-refractivity contribution is 9.10. The predicted octanol–water partition coefficient (Wildman–Crippen LogP) is 2.63. The molecule has 19 heavy (non-hydrogen) atoms. The fraction of sp³-hybridized carbons (Fsp3) is 0.231. The van der Waals surface area contributed by atoms with Gasteiger partial charge in [-0.05, 0) is 27.6 Å². The first-order valence-corrected chi connectivity index (χ1v) is 6.45. The minimum atomic E-state index is -0.357. The van der Waals surface area contributed by atoms with Gasteiger partial charge in [0, 0.05) is 24.2 Å². The Labute approximate surface area is 119 Å². The summed E-state index contributed by atoms with van der Waals surface area (Å²) in [5.74, 6) is 0.156. The summed E-state index contributed by atoms with van der Waals surface area (Å²) >= 11 is 3.21. The van der Waals surface area contributed by atoms with Gasteiger partial charge in [-0.3, -0.25) is 0 Å². The van der Waals surface area contributed by atoms with E-state index in [1.54, 1.807) is 18.2 Å². The third-order valence-corrected chi connectivity index (χ3v) is 3.55. The lowest BCUT2D eigenvalue weighted by Crippen LogP contribution is -2.15. The van der Waals surface area contributed by atoms with E-state index >= 15 is 0 Å². The second kappa shape index (κ2) is 6.08. The van der Waals surface area contributed by atoms with Gasteiger partial charge in [-0.2, -0.15) is 0 Å². The zero-order chi connectivity index (χ0) is 13.8. The van der Waals surface area contributed by atoms with Crippen LogP contribution in [-0.4, -0.2) is 17.1 Å². The van der Waals surface area contributed by atoms with Crippen molar-refractivity contribution in [3.63, 3.8) is 0 Å². The van der Waals surface area contributed by atoms with Gasteiger partial charge < -0.3 is 10.5 Å². The molecule has 6 heteroatoms. The fourth-order valence-electron chi connectivity index (χ4n) is 1.74. The standard InChI is InChI=1S/C13H13BrFN3O/c1-19-12-6-8(17-7-18-12)5-11(16)9-3-2-4-10(15)13(9)14/h2-4,6-7,11H,5,16H2,1H3. The topological polar surface area (TPSA) is 61.0 Å². The number of nitrogens with zero attached hydrogens (tertiary/aromatic N) is 2. The van der Waals surface area contributed by atoms with Crippen molar-refractivity contribution in [1.29, 1.82) is 0 Å². The van der Waals surface area contributed by atoms with Crippen LogP contribution in [0.25, 0.3) is 0 Å². The van der Waals surface area contributed by atoms with Crippen molar-refractivity contribution in [2.45, 2.75) is 12.5 Å². The van der Waals surface area contributed by atoms with Crippen LogP contribution in [0.2, 0.25) is 0 Å². The van der Waals surface area contributed by atoms with E-state index in [1.165, 1.54) is 19.5 Å². The molecule has 1 aromatic carbocycles. The van der Waals surface area contributed by atoms with Gasteiger partial charge in [-0.25, -0.2) is 14.4 Å². The molecule has 0 spiro atoms. The van der Waals surface area contributed by atoms with Gasteiger partial charge in [0.15, 0.2) is 0 Å². The van der Waals surface area contributed by atoms with Gasteiger partial charge in [0.2, 0.25) is 5.88 Å².